The molecule has 17 heavy (non-hydrogen) atoms. The third-order valence-electron chi connectivity index (χ3n) is 2.72. The molecule has 0 spiro atoms. The van der Waals surface area contributed by atoms with E-state index in [1.165, 1.54) is 0 Å². The molecule has 1 N–H and O–H groups in total. The summed E-state index contributed by atoms with van der Waals surface area (Å²) in [6.45, 7) is 6.57. The summed E-state index contributed by atoms with van der Waals surface area (Å²) in [5.74, 6) is 1.80. The Labute approximate surface area is 102 Å². The van der Waals surface area contributed by atoms with E-state index in [2.05, 4.69) is 27.1 Å². The standard InChI is InChI=1S/C12H20N4O/c1-2-4-14-11-9-13-10-12(15-11)16-5-3-7-17-8-6-16/h9-10H,2-8H2,1H3,(H,14,15). The minimum Gasteiger partial charge on any atom is -0.380 e. The van der Waals surface area contributed by atoms with E-state index in [4.69, 9.17) is 4.74 Å². The van der Waals surface area contributed by atoms with Crippen LogP contribution in [0.3, 0.4) is 0 Å². The Morgan fingerprint density at radius 3 is 3.18 bits per heavy atom. The molecule has 94 valence electrons. The van der Waals surface area contributed by atoms with E-state index < -0.39 is 0 Å². The predicted molar refractivity (Wildman–Crippen MR) is 68.5 cm³/mol. The Bertz CT molecular complexity index is 337. The first-order valence-electron chi connectivity index (χ1n) is 6.29. The molecular formula is C12H20N4O. The third kappa shape index (κ3) is 3.56. The van der Waals surface area contributed by atoms with Crippen LogP contribution in [0.4, 0.5) is 11.6 Å². The number of ether oxygens (including phenoxy) is 1. The maximum absolute atomic E-state index is 5.44. The van der Waals surface area contributed by atoms with Crippen LogP contribution in [0.15, 0.2) is 12.4 Å². The van der Waals surface area contributed by atoms with Crippen molar-refractivity contribution >= 4 is 11.6 Å². The average Bonchev–Trinajstić information content (AvgIpc) is 2.65. The topological polar surface area (TPSA) is 50.3 Å². The van der Waals surface area contributed by atoms with Gasteiger partial charge in [0.15, 0.2) is 0 Å². The molecular weight excluding hydrogens is 216 g/mol. The van der Waals surface area contributed by atoms with E-state index in [-0.39, 0.29) is 0 Å². The zero-order valence-corrected chi connectivity index (χ0v) is 10.4. The van der Waals surface area contributed by atoms with Gasteiger partial charge in [-0.15, -0.1) is 0 Å². The number of hydrogen-bond donors (Lipinski definition) is 1. The van der Waals surface area contributed by atoms with Crippen LogP contribution in [0.2, 0.25) is 0 Å². The van der Waals surface area contributed by atoms with Gasteiger partial charge in [-0.3, -0.25) is 4.98 Å². The lowest BCUT2D eigenvalue weighted by Gasteiger charge is -2.20. The fourth-order valence-electron chi connectivity index (χ4n) is 1.82. The van der Waals surface area contributed by atoms with E-state index in [9.17, 15) is 0 Å². The number of hydrogen-bond acceptors (Lipinski definition) is 5. The molecule has 0 aliphatic carbocycles. The Balaban J connectivity index is 2.03. The van der Waals surface area contributed by atoms with Crippen LogP contribution in [0.1, 0.15) is 19.8 Å². The van der Waals surface area contributed by atoms with Crippen molar-refractivity contribution in [3.05, 3.63) is 12.4 Å². The summed E-state index contributed by atoms with van der Waals surface area (Å²) in [5.41, 5.74) is 0. The molecule has 1 fully saturated rings. The highest BCUT2D eigenvalue weighted by atomic mass is 16.5. The number of nitrogens with zero attached hydrogens (tertiary/aromatic N) is 3. The van der Waals surface area contributed by atoms with Crippen molar-refractivity contribution in [1.29, 1.82) is 0 Å². The average molecular weight is 236 g/mol. The highest BCUT2D eigenvalue weighted by molar-refractivity contribution is 5.43. The molecule has 2 rings (SSSR count). The second kappa shape index (κ2) is 6.39. The Morgan fingerprint density at radius 2 is 2.29 bits per heavy atom. The van der Waals surface area contributed by atoms with Crippen LogP contribution < -0.4 is 10.2 Å². The maximum atomic E-state index is 5.44. The molecule has 1 aromatic rings. The van der Waals surface area contributed by atoms with E-state index in [1.807, 2.05) is 6.20 Å². The first-order chi connectivity index (χ1) is 8.40. The fraction of sp³-hybridized carbons (Fsp3) is 0.667. The van der Waals surface area contributed by atoms with Gasteiger partial charge < -0.3 is 15.0 Å². The molecule has 0 bridgehead atoms. The number of aromatic nitrogens is 2. The van der Waals surface area contributed by atoms with Gasteiger partial charge in [-0.1, -0.05) is 6.92 Å². The normalized spacial score (nSPS) is 16.6. The zero-order valence-electron chi connectivity index (χ0n) is 10.4. The van der Waals surface area contributed by atoms with Gasteiger partial charge in [-0.05, 0) is 12.8 Å². The highest BCUT2D eigenvalue weighted by Crippen LogP contribution is 2.14. The number of rotatable bonds is 4. The van der Waals surface area contributed by atoms with Gasteiger partial charge in [0, 0.05) is 26.2 Å². The number of anilines is 2. The SMILES string of the molecule is CCCNc1cncc(N2CCCOCC2)n1. The Morgan fingerprint density at radius 1 is 1.35 bits per heavy atom. The van der Waals surface area contributed by atoms with Crippen molar-refractivity contribution in [2.24, 2.45) is 0 Å². The Kier molecular flexibility index (Phi) is 4.55. The lowest BCUT2D eigenvalue weighted by Crippen LogP contribution is -2.27. The van der Waals surface area contributed by atoms with Gasteiger partial charge in [-0.2, -0.15) is 0 Å². The van der Waals surface area contributed by atoms with Gasteiger partial charge in [0.1, 0.15) is 11.6 Å². The molecule has 1 saturated heterocycles. The molecule has 1 aliphatic heterocycles. The second-order valence-corrected chi connectivity index (χ2v) is 4.14. The lowest BCUT2D eigenvalue weighted by atomic mass is 10.4. The molecule has 5 nitrogen and oxygen atoms in total. The molecule has 2 heterocycles. The van der Waals surface area contributed by atoms with Crippen molar-refractivity contribution in [2.75, 3.05) is 43.1 Å². The van der Waals surface area contributed by atoms with Gasteiger partial charge in [0.25, 0.3) is 0 Å². The van der Waals surface area contributed by atoms with Crippen molar-refractivity contribution in [2.45, 2.75) is 19.8 Å². The smallest absolute Gasteiger partial charge is 0.149 e. The summed E-state index contributed by atoms with van der Waals surface area (Å²) >= 11 is 0. The van der Waals surface area contributed by atoms with Crippen LogP contribution in [0, 0.1) is 0 Å². The van der Waals surface area contributed by atoms with Gasteiger partial charge in [0.05, 0.1) is 19.0 Å². The zero-order chi connectivity index (χ0) is 11.9. The summed E-state index contributed by atoms with van der Waals surface area (Å²) in [6.07, 6.45) is 5.73. The van der Waals surface area contributed by atoms with E-state index >= 15 is 0 Å². The molecule has 0 amide bonds. The van der Waals surface area contributed by atoms with E-state index in [1.54, 1.807) is 6.20 Å². The summed E-state index contributed by atoms with van der Waals surface area (Å²) in [7, 11) is 0. The predicted octanol–water partition coefficient (Wildman–Crippen LogP) is 1.53. The molecule has 0 radical (unpaired) electrons. The molecule has 0 aromatic carbocycles. The molecule has 0 unspecified atom stereocenters. The first kappa shape index (κ1) is 12.1. The molecule has 1 aliphatic rings. The monoisotopic (exact) mass is 236 g/mol. The minimum atomic E-state index is 0.772. The van der Waals surface area contributed by atoms with Crippen molar-refractivity contribution in [1.82, 2.24) is 9.97 Å². The molecule has 5 heteroatoms. The minimum absolute atomic E-state index is 0.772. The molecule has 0 saturated carbocycles. The third-order valence-corrected chi connectivity index (χ3v) is 2.72. The molecule has 1 aromatic heterocycles. The highest BCUT2D eigenvalue weighted by Gasteiger charge is 2.11. The summed E-state index contributed by atoms with van der Waals surface area (Å²) in [6, 6.07) is 0. The van der Waals surface area contributed by atoms with Crippen LogP contribution in [-0.4, -0.2) is 42.8 Å². The van der Waals surface area contributed by atoms with Crippen LogP contribution >= 0.6 is 0 Å². The fourth-order valence-corrected chi connectivity index (χ4v) is 1.82. The largest absolute Gasteiger partial charge is 0.380 e. The van der Waals surface area contributed by atoms with E-state index in [0.29, 0.717) is 0 Å². The summed E-state index contributed by atoms with van der Waals surface area (Å²) in [5, 5.41) is 3.26. The second-order valence-electron chi connectivity index (χ2n) is 4.14. The number of nitrogens with one attached hydrogen (secondary N) is 1. The summed E-state index contributed by atoms with van der Waals surface area (Å²) < 4.78 is 5.44. The van der Waals surface area contributed by atoms with Crippen LogP contribution in [-0.2, 0) is 4.74 Å². The quantitative estimate of drug-likeness (QED) is 0.859. The van der Waals surface area contributed by atoms with Crippen LogP contribution in [0.25, 0.3) is 0 Å². The summed E-state index contributed by atoms with van der Waals surface area (Å²) in [4.78, 5) is 11.0. The van der Waals surface area contributed by atoms with Crippen molar-refractivity contribution in [3.63, 3.8) is 0 Å². The van der Waals surface area contributed by atoms with Crippen molar-refractivity contribution in [3.8, 4) is 0 Å². The van der Waals surface area contributed by atoms with Gasteiger partial charge in [0.2, 0.25) is 0 Å². The van der Waals surface area contributed by atoms with Gasteiger partial charge in [-0.25, -0.2) is 4.98 Å². The van der Waals surface area contributed by atoms with E-state index in [0.717, 1.165) is 57.3 Å². The maximum Gasteiger partial charge on any atom is 0.149 e. The Hall–Kier alpha value is -1.36. The van der Waals surface area contributed by atoms with Gasteiger partial charge >= 0.3 is 0 Å². The van der Waals surface area contributed by atoms with Crippen LogP contribution in [0.5, 0.6) is 0 Å². The first-order valence-corrected chi connectivity index (χ1v) is 6.29. The lowest BCUT2D eigenvalue weighted by molar-refractivity contribution is 0.152. The molecule has 0 atom stereocenters. The van der Waals surface area contributed by atoms with Crippen molar-refractivity contribution < 1.29 is 4.74 Å².